The van der Waals surface area contributed by atoms with Crippen LogP contribution in [0.2, 0.25) is 5.02 Å². The van der Waals surface area contributed by atoms with Crippen LogP contribution in [0, 0.1) is 5.92 Å². The number of carbonyl (C=O) groups is 1. The second-order valence-electron chi connectivity index (χ2n) is 6.56. The molecule has 0 spiro atoms. The summed E-state index contributed by atoms with van der Waals surface area (Å²) in [5.41, 5.74) is 4.19. The van der Waals surface area contributed by atoms with Crippen molar-refractivity contribution in [2.75, 3.05) is 6.61 Å². The van der Waals surface area contributed by atoms with Gasteiger partial charge in [0.25, 0.3) is 5.91 Å². The van der Waals surface area contributed by atoms with Crippen molar-refractivity contribution in [1.29, 1.82) is 0 Å². The van der Waals surface area contributed by atoms with Gasteiger partial charge in [-0.1, -0.05) is 77.5 Å². The lowest BCUT2D eigenvalue weighted by Gasteiger charge is -2.15. The molecule has 0 bridgehead atoms. The molecule has 0 saturated carbocycles. The summed E-state index contributed by atoms with van der Waals surface area (Å²) in [5, 5.41) is 7.80. The number of carbonyl (C=O) groups excluding carboxylic acids is 1. The lowest BCUT2D eigenvalue weighted by molar-refractivity contribution is -0.125. The molecule has 2 atom stereocenters. The number of hydrogen-bond donors (Lipinski definition) is 1. The van der Waals surface area contributed by atoms with Crippen LogP contribution in [-0.2, 0) is 16.2 Å². The first-order chi connectivity index (χ1) is 13.2. The van der Waals surface area contributed by atoms with Crippen LogP contribution in [0.1, 0.15) is 22.6 Å². The minimum Gasteiger partial charge on any atom is -0.385 e. The third kappa shape index (κ3) is 3.81. The van der Waals surface area contributed by atoms with Crippen LogP contribution in [0.5, 0.6) is 0 Å². The first-order valence-electron chi connectivity index (χ1n) is 8.87. The molecule has 0 saturated heterocycles. The van der Waals surface area contributed by atoms with Crippen LogP contribution in [-0.4, -0.2) is 18.2 Å². The van der Waals surface area contributed by atoms with E-state index in [-0.39, 0.29) is 24.3 Å². The highest BCUT2D eigenvalue weighted by Crippen LogP contribution is 2.41. The Bertz CT molecular complexity index is 932. The Kier molecular flexibility index (Phi) is 5.07. The molecule has 0 fully saturated rings. The molecule has 136 valence electrons. The van der Waals surface area contributed by atoms with Gasteiger partial charge in [0.1, 0.15) is 0 Å². The predicted molar refractivity (Wildman–Crippen MR) is 107 cm³/mol. The molecule has 2 aromatic rings. The number of benzene rings is 2. The third-order valence-corrected chi connectivity index (χ3v) is 5.06. The Hall–Kier alpha value is -2.85. The van der Waals surface area contributed by atoms with Crippen molar-refractivity contribution in [3.63, 3.8) is 0 Å². The molecule has 4 rings (SSSR count). The van der Waals surface area contributed by atoms with E-state index in [9.17, 15) is 4.79 Å². The Morgan fingerprint density at radius 3 is 2.59 bits per heavy atom. The molecular weight excluding hydrogens is 360 g/mol. The van der Waals surface area contributed by atoms with Crippen molar-refractivity contribution < 1.29 is 9.63 Å². The van der Waals surface area contributed by atoms with Crippen molar-refractivity contribution >= 4 is 23.2 Å². The molecule has 0 aliphatic heterocycles. The van der Waals surface area contributed by atoms with E-state index in [1.54, 1.807) is 12.1 Å². The van der Waals surface area contributed by atoms with Crippen LogP contribution < -0.4 is 5.32 Å². The Morgan fingerprint density at radius 2 is 1.78 bits per heavy atom. The van der Waals surface area contributed by atoms with Gasteiger partial charge in [-0.3, -0.25) is 4.79 Å². The normalized spacial score (nSPS) is 21.0. The van der Waals surface area contributed by atoms with Gasteiger partial charge in [-0.25, -0.2) is 0 Å². The van der Waals surface area contributed by atoms with E-state index >= 15 is 0 Å². The number of nitrogens with one attached hydrogen (secondary N) is 1. The fourth-order valence-corrected chi connectivity index (χ4v) is 3.62. The number of rotatable bonds is 5. The number of amides is 1. The standard InChI is InChI=1S/C22H19ClN2O2/c23-16-11-9-15(10-12-16)13-24-21(26)14-27-25-22-19-7-3-1-5-17(19)18-6-2-4-8-20(18)22/h1-12,17,19H,13-14H2,(H,24,26)/b25-22-/t17-,19-/m1/s1. The van der Waals surface area contributed by atoms with Gasteiger partial charge >= 0.3 is 0 Å². The summed E-state index contributed by atoms with van der Waals surface area (Å²) in [7, 11) is 0. The monoisotopic (exact) mass is 378 g/mol. The minimum atomic E-state index is -0.212. The quantitative estimate of drug-likeness (QED) is 0.792. The van der Waals surface area contributed by atoms with Gasteiger partial charge in [0.15, 0.2) is 6.61 Å². The average Bonchev–Trinajstić information content (AvgIpc) is 3.02. The summed E-state index contributed by atoms with van der Waals surface area (Å²) in [6.07, 6.45) is 8.41. The average molecular weight is 379 g/mol. The van der Waals surface area contributed by atoms with E-state index in [2.05, 4.69) is 40.8 Å². The van der Waals surface area contributed by atoms with Gasteiger partial charge < -0.3 is 10.2 Å². The molecule has 27 heavy (non-hydrogen) atoms. The maximum Gasteiger partial charge on any atom is 0.261 e. The first kappa shape index (κ1) is 17.6. The first-order valence-corrected chi connectivity index (χ1v) is 9.25. The highest BCUT2D eigenvalue weighted by molar-refractivity contribution is 6.30. The summed E-state index contributed by atoms with van der Waals surface area (Å²) in [6, 6.07) is 15.6. The number of allylic oxidation sites excluding steroid dienone is 4. The van der Waals surface area contributed by atoms with Gasteiger partial charge in [0, 0.05) is 29.0 Å². The number of oxime groups is 1. The molecule has 0 heterocycles. The van der Waals surface area contributed by atoms with Crippen molar-refractivity contribution in [2.24, 2.45) is 11.1 Å². The second-order valence-corrected chi connectivity index (χ2v) is 7.00. The minimum absolute atomic E-state index is 0.115. The number of hydrogen-bond acceptors (Lipinski definition) is 3. The molecule has 2 aromatic carbocycles. The summed E-state index contributed by atoms with van der Waals surface area (Å²) in [5.74, 6) is 0.230. The molecule has 2 aliphatic rings. The molecular formula is C22H19ClN2O2. The molecule has 0 aromatic heterocycles. The van der Waals surface area contributed by atoms with E-state index in [4.69, 9.17) is 16.4 Å². The topological polar surface area (TPSA) is 50.7 Å². The Balaban J connectivity index is 1.38. The zero-order chi connectivity index (χ0) is 18.6. The van der Waals surface area contributed by atoms with Crippen LogP contribution in [0.4, 0.5) is 0 Å². The number of fused-ring (bicyclic) bond motifs is 3. The Labute approximate surface area is 163 Å². The van der Waals surface area contributed by atoms with Gasteiger partial charge in [0.05, 0.1) is 5.71 Å². The fourth-order valence-electron chi connectivity index (χ4n) is 3.49. The van der Waals surface area contributed by atoms with E-state index in [0.717, 1.165) is 16.8 Å². The number of halogens is 1. The summed E-state index contributed by atoms with van der Waals surface area (Å²) in [6.45, 7) is 0.313. The smallest absolute Gasteiger partial charge is 0.261 e. The van der Waals surface area contributed by atoms with Gasteiger partial charge in [0.2, 0.25) is 0 Å². The summed E-state index contributed by atoms with van der Waals surface area (Å²) >= 11 is 5.86. The van der Waals surface area contributed by atoms with Crippen LogP contribution in [0.15, 0.2) is 78.0 Å². The van der Waals surface area contributed by atoms with Crippen molar-refractivity contribution in [2.45, 2.75) is 12.5 Å². The largest absolute Gasteiger partial charge is 0.385 e. The van der Waals surface area contributed by atoms with E-state index in [0.29, 0.717) is 11.6 Å². The Morgan fingerprint density at radius 1 is 1.04 bits per heavy atom. The van der Waals surface area contributed by atoms with Gasteiger partial charge in [-0.2, -0.15) is 0 Å². The molecule has 4 nitrogen and oxygen atoms in total. The van der Waals surface area contributed by atoms with E-state index in [1.807, 2.05) is 30.3 Å². The molecule has 1 amide bonds. The molecule has 0 unspecified atom stereocenters. The molecule has 1 N–H and O–H groups in total. The zero-order valence-electron chi connectivity index (χ0n) is 14.6. The predicted octanol–water partition coefficient (Wildman–Crippen LogP) is 4.22. The van der Waals surface area contributed by atoms with E-state index < -0.39 is 0 Å². The van der Waals surface area contributed by atoms with Crippen LogP contribution in [0.3, 0.4) is 0 Å². The van der Waals surface area contributed by atoms with Gasteiger partial charge in [-0.15, -0.1) is 0 Å². The van der Waals surface area contributed by atoms with Crippen molar-refractivity contribution in [3.8, 4) is 0 Å². The highest BCUT2D eigenvalue weighted by atomic mass is 35.5. The highest BCUT2D eigenvalue weighted by Gasteiger charge is 2.36. The molecule has 5 heteroatoms. The summed E-state index contributed by atoms with van der Waals surface area (Å²) in [4.78, 5) is 17.4. The second kappa shape index (κ2) is 7.80. The van der Waals surface area contributed by atoms with Gasteiger partial charge in [-0.05, 0) is 23.3 Å². The molecule has 0 radical (unpaired) electrons. The maximum atomic E-state index is 12.0. The van der Waals surface area contributed by atoms with Crippen molar-refractivity contribution in [1.82, 2.24) is 5.32 Å². The van der Waals surface area contributed by atoms with Crippen LogP contribution in [0.25, 0.3) is 0 Å². The third-order valence-electron chi connectivity index (χ3n) is 4.81. The SMILES string of the molecule is O=C(CO/N=C1\c2ccccc2[C@H]2C=CC=C[C@@H]12)NCc1ccc(Cl)cc1. The lowest BCUT2D eigenvalue weighted by atomic mass is 9.88. The number of nitrogens with zero attached hydrogens (tertiary/aromatic N) is 1. The lowest BCUT2D eigenvalue weighted by Crippen LogP contribution is -2.26. The zero-order valence-corrected chi connectivity index (χ0v) is 15.4. The summed E-state index contributed by atoms with van der Waals surface area (Å²) < 4.78 is 0. The molecule has 2 aliphatic carbocycles. The fraction of sp³-hybridized carbons (Fsp3) is 0.182. The van der Waals surface area contributed by atoms with Crippen molar-refractivity contribution in [3.05, 3.63) is 94.5 Å². The van der Waals surface area contributed by atoms with Crippen LogP contribution >= 0.6 is 11.6 Å². The van der Waals surface area contributed by atoms with E-state index in [1.165, 1.54) is 5.56 Å². The maximum absolute atomic E-state index is 12.0.